The molecule has 0 aromatic heterocycles. The molecular weight excluding hydrogens is 472 g/mol. The molecule has 14 nitrogen and oxygen atoms in total. The van der Waals surface area contributed by atoms with Crippen LogP contribution in [-0.2, 0) is 30.4 Å². The van der Waals surface area contributed by atoms with Crippen LogP contribution in [0.3, 0.4) is 0 Å². The van der Waals surface area contributed by atoms with Gasteiger partial charge in [0.2, 0.25) is 23.6 Å². The van der Waals surface area contributed by atoms with Gasteiger partial charge in [-0.15, -0.1) is 0 Å². The monoisotopic (exact) mass is 506 g/mol. The van der Waals surface area contributed by atoms with Crippen LogP contribution in [0, 0.1) is 0 Å². The lowest BCUT2D eigenvalue weighted by molar-refractivity contribution is -0.142. The smallest absolute Gasteiger partial charge is 0.326 e. The van der Waals surface area contributed by atoms with Gasteiger partial charge in [-0.3, -0.25) is 24.2 Å². The van der Waals surface area contributed by atoms with Crippen LogP contribution in [0.25, 0.3) is 0 Å². The summed E-state index contributed by atoms with van der Waals surface area (Å²) < 4.78 is 0. The molecule has 0 radical (unpaired) electrons. The topological polar surface area (TPSA) is 258 Å². The lowest BCUT2D eigenvalue weighted by Gasteiger charge is -2.23. The van der Waals surface area contributed by atoms with Gasteiger partial charge in [0, 0.05) is 13.0 Å². The van der Waals surface area contributed by atoms with E-state index in [-0.39, 0.29) is 25.3 Å². The van der Waals surface area contributed by atoms with Crippen molar-refractivity contribution in [1.82, 2.24) is 16.0 Å². The zero-order valence-electron chi connectivity index (χ0n) is 20.0. The Morgan fingerprint density at radius 2 is 1.53 bits per heavy atom. The number of benzene rings is 1. The van der Waals surface area contributed by atoms with Gasteiger partial charge in [-0.2, -0.15) is 0 Å². The minimum atomic E-state index is -1.46. The second-order valence-electron chi connectivity index (χ2n) is 8.11. The zero-order chi connectivity index (χ0) is 27.3. The van der Waals surface area contributed by atoms with Crippen LogP contribution in [0.5, 0.6) is 0 Å². The summed E-state index contributed by atoms with van der Waals surface area (Å²) in [4.78, 5) is 64.5. The van der Waals surface area contributed by atoms with Crippen molar-refractivity contribution in [3.05, 3.63) is 35.9 Å². The van der Waals surface area contributed by atoms with Crippen LogP contribution in [0.15, 0.2) is 35.3 Å². The molecule has 0 fully saturated rings. The van der Waals surface area contributed by atoms with Gasteiger partial charge >= 0.3 is 5.97 Å². The number of nitrogens with one attached hydrogen (secondary N) is 3. The Morgan fingerprint density at radius 1 is 0.917 bits per heavy atom. The number of rotatable bonds is 15. The van der Waals surface area contributed by atoms with Crippen molar-refractivity contribution in [3.63, 3.8) is 0 Å². The van der Waals surface area contributed by atoms with E-state index < -0.39 is 60.2 Å². The second kappa shape index (κ2) is 14.9. The number of primary amides is 1. The Balaban J connectivity index is 2.75. The summed E-state index contributed by atoms with van der Waals surface area (Å²) in [5.41, 5.74) is 22.1. The largest absolute Gasteiger partial charge is 0.480 e. The number of carbonyl (C=O) groups is 5. The highest BCUT2D eigenvalue weighted by molar-refractivity contribution is 5.96. The summed E-state index contributed by atoms with van der Waals surface area (Å²) in [5.74, 6) is -4.61. The van der Waals surface area contributed by atoms with Gasteiger partial charge in [-0.25, -0.2) is 4.79 Å². The van der Waals surface area contributed by atoms with Gasteiger partial charge in [0.1, 0.15) is 18.1 Å². The maximum atomic E-state index is 12.7. The highest BCUT2D eigenvalue weighted by Crippen LogP contribution is 2.05. The summed E-state index contributed by atoms with van der Waals surface area (Å²) in [6, 6.07) is 3.76. The summed E-state index contributed by atoms with van der Waals surface area (Å²) >= 11 is 0. The van der Waals surface area contributed by atoms with E-state index in [2.05, 4.69) is 20.9 Å². The minimum Gasteiger partial charge on any atom is -0.480 e. The number of amides is 4. The quantitative estimate of drug-likeness (QED) is 0.0685. The third-order valence-corrected chi connectivity index (χ3v) is 4.99. The predicted octanol–water partition coefficient (Wildman–Crippen LogP) is -2.96. The molecule has 0 saturated heterocycles. The number of nitrogens with zero attached hydrogens (tertiary/aromatic N) is 1. The fourth-order valence-electron chi connectivity index (χ4n) is 3.07. The van der Waals surface area contributed by atoms with Gasteiger partial charge in [0.15, 0.2) is 5.96 Å². The molecule has 0 bridgehead atoms. The van der Waals surface area contributed by atoms with Gasteiger partial charge in [-0.05, 0) is 25.3 Å². The van der Waals surface area contributed by atoms with Crippen LogP contribution in [0.4, 0.5) is 0 Å². The van der Waals surface area contributed by atoms with E-state index in [0.717, 1.165) is 0 Å². The number of aliphatic carboxylic acids is 1. The molecule has 0 aliphatic heterocycles. The molecule has 4 atom stereocenters. The minimum absolute atomic E-state index is 0.0211. The lowest BCUT2D eigenvalue weighted by atomic mass is 10.0. The van der Waals surface area contributed by atoms with Gasteiger partial charge in [0.05, 0.1) is 12.5 Å². The number of hydrogen-bond donors (Lipinski definition) is 8. The van der Waals surface area contributed by atoms with Gasteiger partial charge in [0.25, 0.3) is 0 Å². The molecule has 36 heavy (non-hydrogen) atoms. The molecule has 14 heteroatoms. The summed E-state index contributed by atoms with van der Waals surface area (Å²) in [7, 11) is 0. The standard InChI is InChI=1S/C22H34N8O6/c1-12(28-19(33)14(23)8-5-9-27-22(25)26)18(32)29-15(11-17(24)31)20(34)30-16(21(35)36)10-13-6-3-2-4-7-13/h2-4,6-7,12,14-16H,5,8-11,23H2,1H3,(H2,24,31)(H,28,33)(H,29,32)(H,30,34)(H,35,36)(H4,25,26,27). The van der Waals surface area contributed by atoms with Crippen molar-refractivity contribution >= 4 is 35.6 Å². The number of hydrogen-bond acceptors (Lipinski definition) is 7. The van der Waals surface area contributed by atoms with Crippen LogP contribution >= 0.6 is 0 Å². The number of carbonyl (C=O) groups excluding carboxylic acids is 4. The summed E-state index contributed by atoms with van der Waals surface area (Å²) in [5, 5.41) is 16.5. The van der Waals surface area contributed by atoms with Crippen molar-refractivity contribution in [2.45, 2.75) is 56.8 Å². The Hall–Kier alpha value is -4.20. The molecule has 0 aliphatic rings. The van der Waals surface area contributed by atoms with E-state index in [4.69, 9.17) is 22.9 Å². The fraction of sp³-hybridized carbons (Fsp3) is 0.455. The first-order valence-electron chi connectivity index (χ1n) is 11.2. The number of carboxylic acids is 1. The zero-order valence-corrected chi connectivity index (χ0v) is 20.0. The fourth-order valence-corrected chi connectivity index (χ4v) is 3.07. The van der Waals surface area contributed by atoms with Crippen molar-refractivity contribution < 1.29 is 29.1 Å². The Kier molecular flexibility index (Phi) is 12.4. The number of nitrogens with two attached hydrogens (primary N) is 4. The highest BCUT2D eigenvalue weighted by Gasteiger charge is 2.30. The summed E-state index contributed by atoms with van der Waals surface area (Å²) in [6.45, 7) is 1.64. The number of carboxylic acid groups (broad SMARTS) is 1. The first kappa shape index (κ1) is 29.8. The Labute approximate surface area is 208 Å². The van der Waals surface area contributed by atoms with Crippen molar-refractivity contribution in [3.8, 4) is 0 Å². The lowest BCUT2D eigenvalue weighted by Crippen LogP contribution is -2.57. The molecule has 0 heterocycles. The molecule has 4 unspecified atom stereocenters. The van der Waals surface area contributed by atoms with Crippen LogP contribution in [0.1, 0.15) is 31.7 Å². The van der Waals surface area contributed by atoms with E-state index >= 15 is 0 Å². The first-order valence-corrected chi connectivity index (χ1v) is 11.2. The van der Waals surface area contributed by atoms with Crippen molar-refractivity contribution in [1.29, 1.82) is 0 Å². The van der Waals surface area contributed by atoms with Crippen LogP contribution in [0.2, 0.25) is 0 Å². The van der Waals surface area contributed by atoms with Crippen molar-refractivity contribution in [2.24, 2.45) is 27.9 Å². The van der Waals surface area contributed by atoms with Crippen LogP contribution in [-0.4, -0.2) is 71.4 Å². The highest BCUT2D eigenvalue weighted by atomic mass is 16.4. The molecule has 0 spiro atoms. The third kappa shape index (κ3) is 11.3. The molecule has 12 N–H and O–H groups in total. The maximum Gasteiger partial charge on any atom is 0.326 e. The average molecular weight is 507 g/mol. The second-order valence-corrected chi connectivity index (χ2v) is 8.11. The van der Waals surface area contributed by atoms with Gasteiger partial charge < -0.3 is 44.0 Å². The van der Waals surface area contributed by atoms with Crippen molar-refractivity contribution in [2.75, 3.05) is 6.54 Å². The summed E-state index contributed by atoms with van der Waals surface area (Å²) in [6.07, 6.45) is 0.0796. The SMILES string of the molecule is CC(NC(=O)C(N)CCCN=C(N)N)C(=O)NC(CC(N)=O)C(=O)NC(Cc1ccccc1)C(=O)O. The third-order valence-electron chi connectivity index (χ3n) is 4.99. The normalized spacial score (nSPS) is 13.8. The van der Waals surface area contributed by atoms with E-state index in [1.807, 2.05) is 0 Å². The van der Waals surface area contributed by atoms with Crippen LogP contribution < -0.4 is 38.9 Å². The predicted molar refractivity (Wildman–Crippen MR) is 131 cm³/mol. The van der Waals surface area contributed by atoms with Gasteiger partial charge in [-0.1, -0.05) is 30.3 Å². The first-order chi connectivity index (χ1) is 16.9. The molecule has 1 rings (SSSR count). The van der Waals surface area contributed by atoms with E-state index in [1.165, 1.54) is 6.92 Å². The Bertz CT molecular complexity index is 951. The number of guanidine groups is 1. The molecular formula is C22H34N8O6. The van der Waals surface area contributed by atoms with E-state index in [9.17, 15) is 29.1 Å². The maximum absolute atomic E-state index is 12.7. The molecule has 4 amide bonds. The Morgan fingerprint density at radius 3 is 2.08 bits per heavy atom. The molecule has 0 aliphatic carbocycles. The molecule has 1 aromatic rings. The molecule has 0 saturated carbocycles. The molecule has 1 aromatic carbocycles. The van der Waals surface area contributed by atoms with E-state index in [1.54, 1.807) is 30.3 Å². The van der Waals surface area contributed by atoms with E-state index in [0.29, 0.717) is 12.0 Å². The average Bonchev–Trinajstić information content (AvgIpc) is 2.80. The molecule has 198 valence electrons. The number of aliphatic imine (C=N–C) groups is 1.